The van der Waals surface area contributed by atoms with Crippen molar-refractivity contribution in [3.8, 4) is 0 Å². The maximum atomic E-state index is 12.8. The zero-order valence-corrected chi connectivity index (χ0v) is 16.1. The molecule has 8 nitrogen and oxygen atoms in total. The summed E-state index contributed by atoms with van der Waals surface area (Å²) in [4.78, 5) is 49.9. The number of hydrogen-bond donors (Lipinski definition) is 3. The molecule has 0 spiro atoms. The minimum atomic E-state index is -0.715. The molecule has 2 amide bonds. The number of nitrogens with zero attached hydrogens (tertiary/aromatic N) is 1. The normalized spacial score (nSPS) is 10.5. The first-order valence-electron chi connectivity index (χ1n) is 9.33. The molecule has 0 saturated heterocycles. The van der Waals surface area contributed by atoms with E-state index in [9.17, 15) is 19.2 Å². The van der Waals surface area contributed by atoms with Gasteiger partial charge in [0.25, 0.3) is 17.4 Å². The van der Waals surface area contributed by atoms with E-state index in [4.69, 9.17) is 0 Å². The lowest BCUT2D eigenvalue weighted by molar-refractivity contribution is 0.0842. The van der Waals surface area contributed by atoms with Gasteiger partial charge in [-0.05, 0) is 12.1 Å². The largest absolute Gasteiger partial charge is 0.290 e. The molecule has 0 aliphatic rings. The molecule has 4 rings (SSSR count). The van der Waals surface area contributed by atoms with E-state index in [1.165, 1.54) is 6.07 Å². The van der Waals surface area contributed by atoms with Crippen LogP contribution in [-0.2, 0) is 0 Å². The Morgan fingerprint density at radius 2 is 1.26 bits per heavy atom. The van der Waals surface area contributed by atoms with Crippen molar-refractivity contribution < 1.29 is 14.4 Å². The van der Waals surface area contributed by atoms with Crippen molar-refractivity contribution in [2.75, 3.05) is 0 Å². The van der Waals surface area contributed by atoms with E-state index in [1.807, 2.05) is 0 Å². The zero-order chi connectivity index (χ0) is 21.8. The standard InChI is InChI=1S/C23H16N4O4/c28-20(14-8-2-1-3-9-14)16-11-5-7-13-18(16)22(30)26-27-23(31)19-15-10-4-6-12-17(15)21(29)25-24-19/h1-13H,(H,25,29)(H,26,30)(H,27,31). The molecule has 1 heterocycles. The van der Waals surface area contributed by atoms with E-state index >= 15 is 0 Å². The van der Waals surface area contributed by atoms with Crippen LogP contribution in [0.15, 0.2) is 83.7 Å². The van der Waals surface area contributed by atoms with Crippen molar-refractivity contribution in [2.24, 2.45) is 0 Å². The Bertz CT molecular complexity index is 1360. The van der Waals surface area contributed by atoms with Gasteiger partial charge >= 0.3 is 0 Å². The lowest BCUT2D eigenvalue weighted by atomic mass is 9.98. The Morgan fingerprint density at radius 1 is 0.677 bits per heavy atom. The molecule has 0 fully saturated rings. The number of aromatic amines is 1. The molecule has 3 N–H and O–H groups in total. The summed E-state index contributed by atoms with van der Waals surface area (Å²) in [6.07, 6.45) is 0. The summed E-state index contributed by atoms with van der Waals surface area (Å²) in [7, 11) is 0. The number of carbonyl (C=O) groups excluding carboxylic acids is 3. The molecule has 152 valence electrons. The molecule has 0 radical (unpaired) electrons. The lowest BCUT2D eigenvalue weighted by Gasteiger charge is -2.11. The molecule has 0 aliphatic heterocycles. The Kier molecular flexibility index (Phi) is 5.35. The predicted molar refractivity (Wildman–Crippen MR) is 114 cm³/mol. The summed E-state index contributed by atoms with van der Waals surface area (Å²) in [5.74, 6) is -1.69. The van der Waals surface area contributed by atoms with Gasteiger partial charge in [0.15, 0.2) is 11.5 Å². The highest BCUT2D eigenvalue weighted by Crippen LogP contribution is 2.15. The van der Waals surface area contributed by atoms with Crippen LogP contribution in [0, 0.1) is 0 Å². The Balaban J connectivity index is 1.56. The Hall–Kier alpha value is -4.59. The molecular formula is C23H16N4O4. The molecule has 0 bridgehead atoms. The smallest absolute Gasteiger partial charge is 0.289 e. The van der Waals surface area contributed by atoms with Crippen LogP contribution in [-0.4, -0.2) is 27.8 Å². The third kappa shape index (κ3) is 3.95. The highest BCUT2D eigenvalue weighted by Gasteiger charge is 2.19. The SMILES string of the molecule is O=C(NNC(=O)c1n[nH]c(=O)c2ccccc12)c1ccccc1C(=O)c1ccccc1. The number of hydrogen-bond acceptors (Lipinski definition) is 5. The first-order chi connectivity index (χ1) is 15.1. The monoisotopic (exact) mass is 412 g/mol. The first kappa shape index (κ1) is 19.7. The van der Waals surface area contributed by atoms with Gasteiger partial charge in [0.2, 0.25) is 0 Å². The molecule has 1 aromatic heterocycles. The fraction of sp³-hybridized carbons (Fsp3) is 0. The molecule has 3 aromatic carbocycles. The average molecular weight is 412 g/mol. The van der Waals surface area contributed by atoms with Crippen molar-refractivity contribution in [1.29, 1.82) is 0 Å². The van der Waals surface area contributed by atoms with Crippen LogP contribution in [0.4, 0.5) is 0 Å². The van der Waals surface area contributed by atoms with Crippen LogP contribution < -0.4 is 16.4 Å². The van der Waals surface area contributed by atoms with Gasteiger partial charge in [-0.1, -0.05) is 66.7 Å². The van der Waals surface area contributed by atoms with E-state index in [0.717, 1.165) is 0 Å². The predicted octanol–water partition coefficient (Wildman–Crippen LogP) is 2.23. The molecule has 4 aromatic rings. The summed E-state index contributed by atoms with van der Waals surface area (Å²) >= 11 is 0. The first-order valence-corrected chi connectivity index (χ1v) is 9.33. The minimum absolute atomic E-state index is 0.0517. The van der Waals surface area contributed by atoms with Crippen molar-refractivity contribution in [2.45, 2.75) is 0 Å². The summed E-state index contributed by atoms with van der Waals surface area (Å²) in [6.45, 7) is 0. The van der Waals surface area contributed by atoms with Gasteiger partial charge in [-0.25, -0.2) is 5.10 Å². The highest BCUT2D eigenvalue weighted by molar-refractivity contribution is 6.15. The number of hydrazine groups is 1. The highest BCUT2D eigenvalue weighted by atomic mass is 16.2. The van der Waals surface area contributed by atoms with Gasteiger partial charge in [0, 0.05) is 16.5 Å². The van der Waals surface area contributed by atoms with E-state index < -0.39 is 17.4 Å². The second-order valence-corrected chi connectivity index (χ2v) is 6.60. The van der Waals surface area contributed by atoms with Crippen molar-refractivity contribution in [3.63, 3.8) is 0 Å². The van der Waals surface area contributed by atoms with E-state index in [1.54, 1.807) is 72.8 Å². The number of rotatable bonds is 4. The van der Waals surface area contributed by atoms with Gasteiger partial charge < -0.3 is 0 Å². The summed E-state index contributed by atoms with van der Waals surface area (Å²) in [5, 5.41) is 6.69. The van der Waals surface area contributed by atoms with Gasteiger partial charge in [-0.3, -0.25) is 30.0 Å². The average Bonchev–Trinajstić information content (AvgIpc) is 2.83. The third-order valence-corrected chi connectivity index (χ3v) is 4.65. The summed E-state index contributed by atoms with van der Waals surface area (Å²) in [6, 6.07) is 21.4. The van der Waals surface area contributed by atoms with Gasteiger partial charge in [-0.15, -0.1) is 0 Å². The molecule has 0 atom stereocenters. The van der Waals surface area contributed by atoms with Gasteiger partial charge in [0.1, 0.15) is 0 Å². The summed E-state index contributed by atoms with van der Waals surface area (Å²) < 4.78 is 0. The van der Waals surface area contributed by atoms with E-state index in [0.29, 0.717) is 16.3 Å². The number of amides is 2. The van der Waals surface area contributed by atoms with Crippen molar-refractivity contribution >= 4 is 28.4 Å². The number of ketones is 1. The molecular weight excluding hydrogens is 396 g/mol. The number of benzene rings is 3. The Labute approximate surface area is 175 Å². The number of nitrogens with one attached hydrogen (secondary N) is 3. The van der Waals surface area contributed by atoms with Crippen LogP contribution in [0.25, 0.3) is 10.8 Å². The molecule has 31 heavy (non-hydrogen) atoms. The Morgan fingerprint density at radius 3 is 2.00 bits per heavy atom. The maximum absolute atomic E-state index is 12.8. The van der Waals surface area contributed by atoms with E-state index in [2.05, 4.69) is 21.0 Å². The number of aromatic nitrogens is 2. The van der Waals surface area contributed by atoms with Crippen LogP contribution in [0.5, 0.6) is 0 Å². The second kappa shape index (κ2) is 8.42. The lowest BCUT2D eigenvalue weighted by Crippen LogP contribution is -2.42. The fourth-order valence-electron chi connectivity index (χ4n) is 3.15. The minimum Gasteiger partial charge on any atom is -0.289 e. The topological polar surface area (TPSA) is 121 Å². The van der Waals surface area contributed by atoms with Crippen LogP contribution in [0.1, 0.15) is 36.8 Å². The van der Waals surface area contributed by atoms with Crippen LogP contribution >= 0.6 is 0 Å². The maximum Gasteiger partial charge on any atom is 0.290 e. The van der Waals surface area contributed by atoms with Gasteiger partial charge in [0.05, 0.1) is 10.9 Å². The van der Waals surface area contributed by atoms with E-state index in [-0.39, 0.29) is 22.6 Å². The number of fused-ring (bicyclic) bond motifs is 1. The quantitative estimate of drug-likeness (QED) is 0.351. The number of carbonyl (C=O) groups is 3. The molecule has 0 saturated carbocycles. The number of H-pyrrole nitrogens is 1. The second-order valence-electron chi connectivity index (χ2n) is 6.60. The molecule has 0 aliphatic carbocycles. The van der Waals surface area contributed by atoms with Crippen LogP contribution in [0.2, 0.25) is 0 Å². The van der Waals surface area contributed by atoms with Gasteiger partial charge in [-0.2, -0.15) is 5.10 Å². The fourth-order valence-corrected chi connectivity index (χ4v) is 3.15. The summed E-state index contributed by atoms with van der Waals surface area (Å²) in [5.41, 5.74) is 4.85. The molecule has 8 heteroatoms. The molecule has 0 unspecified atom stereocenters. The third-order valence-electron chi connectivity index (χ3n) is 4.65. The zero-order valence-electron chi connectivity index (χ0n) is 16.1. The van der Waals surface area contributed by atoms with Crippen LogP contribution in [0.3, 0.4) is 0 Å². The van der Waals surface area contributed by atoms with Crippen molar-refractivity contribution in [1.82, 2.24) is 21.0 Å². The van der Waals surface area contributed by atoms with Crippen molar-refractivity contribution in [3.05, 3.63) is 112 Å².